The van der Waals surface area contributed by atoms with Crippen molar-refractivity contribution in [3.8, 4) is 0 Å². The van der Waals surface area contributed by atoms with E-state index < -0.39 is 11.6 Å². The second-order valence-corrected chi connectivity index (χ2v) is 5.54. The highest BCUT2D eigenvalue weighted by molar-refractivity contribution is 5.88. The number of ether oxygens (including phenoxy) is 1. The standard InChI is InChI=1S/C14H18N4O2/c1-10-12(13(19)20-14(2,3)4)16-17-18(10)9-11-6-5-7-15-8-11/h5-8H,9H2,1-4H3. The predicted octanol–water partition coefficient (Wildman–Crippen LogP) is 1.99. The normalized spacial score (nSPS) is 11.4. The molecule has 0 amide bonds. The number of hydrogen-bond acceptors (Lipinski definition) is 5. The van der Waals surface area contributed by atoms with Gasteiger partial charge in [0, 0.05) is 12.4 Å². The number of carbonyl (C=O) groups is 1. The highest BCUT2D eigenvalue weighted by atomic mass is 16.6. The van der Waals surface area contributed by atoms with E-state index in [1.165, 1.54) is 0 Å². The van der Waals surface area contributed by atoms with Crippen LogP contribution in [0.1, 0.15) is 42.5 Å². The fourth-order valence-corrected chi connectivity index (χ4v) is 1.69. The number of carbonyl (C=O) groups excluding carboxylic acids is 1. The molecule has 2 heterocycles. The first kappa shape index (κ1) is 14.2. The second-order valence-electron chi connectivity index (χ2n) is 5.54. The molecule has 0 bridgehead atoms. The maximum Gasteiger partial charge on any atom is 0.361 e. The van der Waals surface area contributed by atoms with Crippen molar-refractivity contribution in [2.75, 3.05) is 0 Å². The van der Waals surface area contributed by atoms with Crippen molar-refractivity contribution >= 4 is 5.97 Å². The molecule has 0 unspecified atom stereocenters. The molecule has 2 aromatic rings. The summed E-state index contributed by atoms with van der Waals surface area (Å²) in [5, 5.41) is 7.91. The Morgan fingerprint density at radius 2 is 2.15 bits per heavy atom. The van der Waals surface area contributed by atoms with E-state index in [4.69, 9.17) is 4.74 Å². The number of esters is 1. The summed E-state index contributed by atoms with van der Waals surface area (Å²) >= 11 is 0. The van der Waals surface area contributed by atoms with E-state index in [1.807, 2.05) is 32.9 Å². The summed E-state index contributed by atoms with van der Waals surface area (Å²) in [4.78, 5) is 16.0. The number of aromatic nitrogens is 4. The van der Waals surface area contributed by atoms with Crippen LogP contribution in [-0.4, -0.2) is 31.5 Å². The van der Waals surface area contributed by atoms with E-state index in [9.17, 15) is 4.79 Å². The van der Waals surface area contributed by atoms with Gasteiger partial charge in [-0.05, 0) is 39.3 Å². The molecule has 0 aromatic carbocycles. The molecule has 6 heteroatoms. The maximum atomic E-state index is 12.0. The van der Waals surface area contributed by atoms with Crippen LogP contribution in [0, 0.1) is 6.92 Å². The summed E-state index contributed by atoms with van der Waals surface area (Å²) < 4.78 is 6.96. The third-order valence-electron chi connectivity index (χ3n) is 2.63. The second kappa shape index (κ2) is 5.40. The molecule has 2 rings (SSSR count). The molecular weight excluding hydrogens is 256 g/mol. The Balaban J connectivity index is 2.17. The molecule has 0 aliphatic heterocycles. The molecule has 2 aromatic heterocycles. The summed E-state index contributed by atoms with van der Waals surface area (Å²) in [5.74, 6) is -0.451. The molecule has 106 valence electrons. The Hall–Kier alpha value is -2.24. The lowest BCUT2D eigenvalue weighted by Gasteiger charge is -2.18. The van der Waals surface area contributed by atoms with Gasteiger partial charge in [-0.3, -0.25) is 4.98 Å². The van der Waals surface area contributed by atoms with Gasteiger partial charge in [0.1, 0.15) is 5.60 Å². The smallest absolute Gasteiger partial charge is 0.361 e. The van der Waals surface area contributed by atoms with Crippen molar-refractivity contribution in [1.82, 2.24) is 20.0 Å². The molecule has 0 aliphatic rings. The predicted molar refractivity (Wildman–Crippen MR) is 73.3 cm³/mol. The van der Waals surface area contributed by atoms with Gasteiger partial charge in [-0.25, -0.2) is 9.48 Å². The molecule has 0 saturated heterocycles. The quantitative estimate of drug-likeness (QED) is 0.800. The fourth-order valence-electron chi connectivity index (χ4n) is 1.69. The van der Waals surface area contributed by atoms with Crippen LogP contribution < -0.4 is 0 Å². The summed E-state index contributed by atoms with van der Waals surface area (Å²) in [5.41, 5.74) is 1.39. The summed E-state index contributed by atoms with van der Waals surface area (Å²) in [7, 11) is 0. The molecule has 0 fully saturated rings. The monoisotopic (exact) mass is 274 g/mol. The van der Waals surface area contributed by atoms with E-state index in [2.05, 4.69) is 15.3 Å². The molecule has 0 saturated carbocycles. The maximum absolute atomic E-state index is 12.0. The molecule has 6 nitrogen and oxygen atoms in total. The Labute approximate surface area is 117 Å². The van der Waals surface area contributed by atoms with Gasteiger partial charge in [-0.1, -0.05) is 11.3 Å². The highest BCUT2D eigenvalue weighted by Gasteiger charge is 2.23. The number of pyridine rings is 1. The van der Waals surface area contributed by atoms with Crippen LogP contribution in [0.3, 0.4) is 0 Å². The van der Waals surface area contributed by atoms with Gasteiger partial charge in [-0.2, -0.15) is 0 Å². The minimum absolute atomic E-state index is 0.254. The van der Waals surface area contributed by atoms with E-state index in [1.54, 1.807) is 24.0 Å². The van der Waals surface area contributed by atoms with Crippen molar-refractivity contribution in [1.29, 1.82) is 0 Å². The minimum atomic E-state index is -0.545. The van der Waals surface area contributed by atoms with E-state index >= 15 is 0 Å². The Kier molecular flexibility index (Phi) is 3.83. The number of rotatable bonds is 3. The zero-order chi connectivity index (χ0) is 14.8. The van der Waals surface area contributed by atoms with Gasteiger partial charge in [0.05, 0.1) is 12.2 Å². The lowest BCUT2D eigenvalue weighted by molar-refractivity contribution is 0.00619. The van der Waals surface area contributed by atoms with Crippen molar-refractivity contribution < 1.29 is 9.53 Å². The summed E-state index contributed by atoms with van der Waals surface area (Å²) in [6, 6.07) is 3.80. The Morgan fingerprint density at radius 1 is 1.40 bits per heavy atom. The average molecular weight is 274 g/mol. The molecule has 0 N–H and O–H groups in total. The van der Waals surface area contributed by atoms with Crippen molar-refractivity contribution in [3.63, 3.8) is 0 Å². The van der Waals surface area contributed by atoms with Crippen molar-refractivity contribution in [3.05, 3.63) is 41.5 Å². The Bertz CT molecular complexity index is 599. The van der Waals surface area contributed by atoms with Crippen LogP contribution in [0.2, 0.25) is 0 Å². The Morgan fingerprint density at radius 3 is 2.75 bits per heavy atom. The van der Waals surface area contributed by atoms with Gasteiger partial charge in [-0.15, -0.1) is 5.10 Å². The number of nitrogens with zero attached hydrogens (tertiary/aromatic N) is 4. The summed E-state index contributed by atoms with van der Waals surface area (Å²) in [6.45, 7) is 7.78. The van der Waals surface area contributed by atoms with Gasteiger partial charge in [0.2, 0.25) is 0 Å². The zero-order valence-electron chi connectivity index (χ0n) is 12.1. The molecule has 0 spiro atoms. The first-order valence-corrected chi connectivity index (χ1v) is 6.39. The SMILES string of the molecule is Cc1c(C(=O)OC(C)(C)C)nnn1Cc1cccnc1. The van der Waals surface area contributed by atoms with E-state index in [-0.39, 0.29) is 5.69 Å². The molecule has 20 heavy (non-hydrogen) atoms. The number of hydrogen-bond donors (Lipinski definition) is 0. The zero-order valence-corrected chi connectivity index (χ0v) is 12.1. The topological polar surface area (TPSA) is 69.9 Å². The van der Waals surface area contributed by atoms with Crippen LogP contribution in [0.25, 0.3) is 0 Å². The van der Waals surface area contributed by atoms with Crippen LogP contribution >= 0.6 is 0 Å². The first-order chi connectivity index (χ1) is 9.37. The molecule has 0 radical (unpaired) electrons. The van der Waals surface area contributed by atoms with Crippen molar-refractivity contribution in [2.24, 2.45) is 0 Å². The molecule has 0 atom stereocenters. The van der Waals surface area contributed by atoms with Crippen LogP contribution in [0.15, 0.2) is 24.5 Å². The first-order valence-electron chi connectivity index (χ1n) is 6.39. The van der Waals surface area contributed by atoms with Crippen LogP contribution in [0.4, 0.5) is 0 Å². The summed E-state index contributed by atoms with van der Waals surface area (Å²) in [6.07, 6.45) is 3.47. The molecular formula is C14H18N4O2. The van der Waals surface area contributed by atoms with Gasteiger partial charge in [0.15, 0.2) is 5.69 Å². The fraction of sp³-hybridized carbons (Fsp3) is 0.429. The van der Waals surface area contributed by atoms with Crippen LogP contribution in [0.5, 0.6) is 0 Å². The van der Waals surface area contributed by atoms with E-state index in [0.717, 1.165) is 5.56 Å². The lowest BCUT2D eigenvalue weighted by atomic mass is 10.2. The lowest BCUT2D eigenvalue weighted by Crippen LogP contribution is -2.24. The van der Waals surface area contributed by atoms with Gasteiger partial charge in [0.25, 0.3) is 0 Å². The van der Waals surface area contributed by atoms with E-state index in [0.29, 0.717) is 12.2 Å². The average Bonchev–Trinajstić information content (AvgIpc) is 2.70. The van der Waals surface area contributed by atoms with Gasteiger partial charge < -0.3 is 4.74 Å². The largest absolute Gasteiger partial charge is 0.455 e. The minimum Gasteiger partial charge on any atom is -0.455 e. The third-order valence-corrected chi connectivity index (χ3v) is 2.63. The van der Waals surface area contributed by atoms with Crippen molar-refractivity contribution in [2.45, 2.75) is 39.8 Å². The van der Waals surface area contributed by atoms with Crippen LogP contribution in [-0.2, 0) is 11.3 Å². The highest BCUT2D eigenvalue weighted by Crippen LogP contribution is 2.13. The van der Waals surface area contributed by atoms with Gasteiger partial charge >= 0.3 is 5.97 Å². The molecule has 0 aliphatic carbocycles. The third kappa shape index (κ3) is 3.40.